The van der Waals surface area contributed by atoms with Crippen molar-refractivity contribution in [2.24, 2.45) is 0 Å². The van der Waals surface area contributed by atoms with Crippen molar-refractivity contribution in [3.63, 3.8) is 0 Å². The summed E-state index contributed by atoms with van der Waals surface area (Å²) < 4.78 is 1.80. The zero-order chi connectivity index (χ0) is 13.9. The van der Waals surface area contributed by atoms with Gasteiger partial charge in [0.1, 0.15) is 0 Å². The number of nitrogens with one attached hydrogen (secondary N) is 1. The van der Waals surface area contributed by atoms with Gasteiger partial charge in [-0.15, -0.1) is 0 Å². The molecule has 1 unspecified atom stereocenters. The molecule has 0 amide bonds. The third-order valence-electron chi connectivity index (χ3n) is 4.02. The minimum absolute atomic E-state index is 0.0371. The van der Waals surface area contributed by atoms with Gasteiger partial charge in [-0.05, 0) is 44.5 Å². The van der Waals surface area contributed by atoms with E-state index in [1.807, 2.05) is 24.3 Å². The molecule has 5 heteroatoms. The fraction of sp³-hybridized carbons (Fsp3) is 0.533. The number of nitrogens with zero attached hydrogens (tertiary/aromatic N) is 2. The van der Waals surface area contributed by atoms with Crippen LogP contribution in [-0.4, -0.2) is 45.3 Å². The van der Waals surface area contributed by atoms with Gasteiger partial charge < -0.3 is 15.0 Å². The standard InChI is InChI=1S/C15H21N3O2/c19-12-5-3-8-17(11-12)9-4-10-18-14-7-2-1-6-13(14)16-15(18)20/h1-2,6-7,12,19H,3-5,8-11H2,(H,16,20). The molecule has 108 valence electrons. The van der Waals surface area contributed by atoms with Crippen LogP contribution in [0.25, 0.3) is 11.0 Å². The van der Waals surface area contributed by atoms with Crippen molar-refractivity contribution in [2.75, 3.05) is 19.6 Å². The van der Waals surface area contributed by atoms with Gasteiger partial charge >= 0.3 is 5.69 Å². The van der Waals surface area contributed by atoms with E-state index in [0.29, 0.717) is 0 Å². The van der Waals surface area contributed by atoms with E-state index < -0.39 is 0 Å². The molecule has 3 rings (SSSR count). The second kappa shape index (κ2) is 5.81. The number of benzene rings is 1. The van der Waals surface area contributed by atoms with Crippen LogP contribution in [0, 0.1) is 0 Å². The van der Waals surface area contributed by atoms with Crippen molar-refractivity contribution in [1.29, 1.82) is 0 Å². The highest BCUT2D eigenvalue weighted by atomic mass is 16.3. The molecule has 0 bridgehead atoms. The number of hydrogen-bond acceptors (Lipinski definition) is 3. The average molecular weight is 275 g/mol. The van der Waals surface area contributed by atoms with Crippen LogP contribution in [0.5, 0.6) is 0 Å². The monoisotopic (exact) mass is 275 g/mol. The van der Waals surface area contributed by atoms with Crippen molar-refractivity contribution >= 4 is 11.0 Å². The second-order valence-corrected chi connectivity index (χ2v) is 5.55. The van der Waals surface area contributed by atoms with E-state index in [9.17, 15) is 9.90 Å². The SMILES string of the molecule is O=c1[nH]c2ccccc2n1CCCN1CCCC(O)C1. The number of aryl methyl sites for hydroxylation is 1. The Kier molecular flexibility index (Phi) is 3.89. The van der Waals surface area contributed by atoms with Crippen LogP contribution in [0.1, 0.15) is 19.3 Å². The van der Waals surface area contributed by atoms with Gasteiger partial charge in [-0.3, -0.25) is 4.57 Å². The maximum Gasteiger partial charge on any atom is 0.326 e. The smallest absolute Gasteiger partial charge is 0.326 e. The van der Waals surface area contributed by atoms with Crippen molar-refractivity contribution in [3.8, 4) is 0 Å². The lowest BCUT2D eigenvalue weighted by atomic mass is 10.1. The molecule has 2 aromatic rings. The Morgan fingerprint density at radius 1 is 1.30 bits per heavy atom. The molecule has 1 aromatic heterocycles. The lowest BCUT2D eigenvalue weighted by Gasteiger charge is -2.29. The van der Waals surface area contributed by atoms with Crippen LogP contribution in [-0.2, 0) is 6.54 Å². The number of imidazole rings is 1. The van der Waals surface area contributed by atoms with E-state index in [2.05, 4.69) is 9.88 Å². The van der Waals surface area contributed by atoms with Crippen LogP contribution in [0.3, 0.4) is 0 Å². The first kappa shape index (κ1) is 13.4. The summed E-state index contributed by atoms with van der Waals surface area (Å²) >= 11 is 0. The summed E-state index contributed by atoms with van der Waals surface area (Å²) in [7, 11) is 0. The predicted octanol–water partition coefficient (Wildman–Crippen LogP) is 1.18. The van der Waals surface area contributed by atoms with E-state index in [0.717, 1.165) is 56.5 Å². The number of aliphatic hydroxyl groups excluding tert-OH is 1. The van der Waals surface area contributed by atoms with Gasteiger partial charge in [0, 0.05) is 13.1 Å². The van der Waals surface area contributed by atoms with Crippen LogP contribution >= 0.6 is 0 Å². The third-order valence-corrected chi connectivity index (χ3v) is 4.02. The molecule has 1 atom stereocenters. The molecule has 1 aliphatic rings. The number of piperidine rings is 1. The number of β-amino-alcohol motifs (C(OH)–C–C–N with tert-alkyl or cyclic N) is 1. The Hall–Kier alpha value is -1.59. The molecule has 1 aromatic carbocycles. The van der Waals surface area contributed by atoms with Gasteiger partial charge in [-0.1, -0.05) is 12.1 Å². The van der Waals surface area contributed by atoms with Gasteiger partial charge in [0.25, 0.3) is 0 Å². The lowest BCUT2D eigenvalue weighted by molar-refractivity contribution is 0.0695. The summed E-state index contributed by atoms with van der Waals surface area (Å²) in [5.41, 5.74) is 1.83. The molecule has 0 saturated carbocycles. The first-order chi connectivity index (χ1) is 9.74. The zero-order valence-corrected chi connectivity index (χ0v) is 11.6. The summed E-state index contributed by atoms with van der Waals surface area (Å²) in [4.78, 5) is 17.1. The summed E-state index contributed by atoms with van der Waals surface area (Å²) in [5, 5.41) is 9.65. The van der Waals surface area contributed by atoms with Crippen LogP contribution in [0.15, 0.2) is 29.1 Å². The third kappa shape index (κ3) is 2.78. The van der Waals surface area contributed by atoms with E-state index in [1.165, 1.54) is 0 Å². The fourth-order valence-corrected chi connectivity index (χ4v) is 3.02. The largest absolute Gasteiger partial charge is 0.392 e. The maximum absolute atomic E-state index is 11.9. The van der Waals surface area contributed by atoms with E-state index in [1.54, 1.807) is 4.57 Å². The fourth-order valence-electron chi connectivity index (χ4n) is 3.02. The van der Waals surface area contributed by atoms with E-state index in [-0.39, 0.29) is 11.8 Å². The number of H-pyrrole nitrogens is 1. The topological polar surface area (TPSA) is 61.3 Å². The number of rotatable bonds is 4. The number of aliphatic hydroxyl groups is 1. The summed E-state index contributed by atoms with van der Waals surface area (Å²) in [6, 6.07) is 7.77. The summed E-state index contributed by atoms with van der Waals surface area (Å²) in [6.45, 7) is 3.47. The molecule has 2 heterocycles. The Morgan fingerprint density at radius 2 is 2.15 bits per heavy atom. The summed E-state index contributed by atoms with van der Waals surface area (Å²) in [5.74, 6) is 0. The minimum Gasteiger partial charge on any atom is -0.392 e. The molecule has 20 heavy (non-hydrogen) atoms. The van der Waals surface area contributed by atoms with Crippen LogP contribution in [0.4, 0.5) is 0 Å². The molecule has 2 N–H and O–H groups in total. The highest BCUT2D eigenvalue weighted by Crippen LogP contribution is 2.12. The van der Waals surface area contributed by atoms with Gasteiger partial charge in [-0.2, -0.15) is 0 Å². The van der Waals surface area contributed by atoms with Gasteiger partial charge in [0.15, 0.2) is 0 Å². The van der Waals surface area contributed by atoms with Gasteiger partial charge in [0.05, 0.1) is 17.1 Å². The van der Waals surface area contributed by atoms with Gasteiger partial charge in [-0.25, -0.2) is 4.79 Å². The Morgan fingerprint density at radius 3 is 3.00 bits per heavy atom. The van der Waals surface area contributed by atoms with Crippen molar-refractivity contribution in [2.45, 2.75) is 31.9 Å². The number of aromatic nitrogens is 2. The molecule has 0 aliphatic carbocycles. The quantitative estimate of drug-likeness (QED) is 0.880. The van der Waals surface area contributed by atoms with Crippen molar-refractivity contribution in [3.05, 3.63) is 34.7 Å². The normalized spacial score (nSPS) is 20.6. The molecule has 1 aliphatic heterocycles. The number of aromatic amines is 1. The molecular formula is C15H21N3O2. The Balaban J connectivity index is 1.62. The highest BCUT2D eigenvalue weighted by molar-refractivity contribution is 5.74. The Labute approximate surface area is 117 Å². The number of likely N-dealkylation sites (tertiary alicyclic amines) is 1. The summed E-state index contributed by atoms with van der Waals surface area (Å²) in [6.07, 6.45) is 2.72. The first-order valence-electron chi connectivity index (χ1n) is 7.32. The lowest BCUT2D eigenvalue weighted by Crippen LogP contribution is -2.39. The molecule has 1 saturated heterocycles. The van der Waals surface area contributed by atoms with Crippen LogP contribution in [0.2, 0.25) is 0 Å². The number of hydrogen-bond donors (Lipinski definition) is 2. The molecule has 5 nitrogen and oxygen atoms in total. The van der Waals surface area contributed by atoms with Gasteiger partial charge in [0.2, 0.25) is 0 Å². The number of fused-ring (bicyclic) bond motifs is 1. The average Bonchev–Trinajstić information content (AvgIpc) is 2.75. The molecular weight excluding hydrogens is 254 g/mol. The first-order valence-corrected chi connectivity index (χ1v) is 7.32. The minimum atomic E-state index is -0.181. The second-order valence-electron chi connectivity index (χ2n) is 5.55. The molecule has 0 spiro atoms. The van der Waals surface area contributed by atoms with Crippen LogP contribution < -0.4 is 5.69 Å². The molecule has 1 fully saturated rings. The van der Waals surface area contributed by atoms with Crippen molar-refractivity contribution < 1.29 is 5.11 Å². The zero-order valence-electron chi connectivity index (χ0n) is 11.6. The van der Waals surface area contributed by atoms with E-state index >= 15 is 0 Å². The van der Waals surface area contributed by atoms with E-state index in [4.69, 9.17) is 0 Å². The predicted molar refractivity (Wildman–Crippen MR) is 78.9 cm³/mol. The van der Waals surface area contributed by atoms with Crippen molar-refractivity contribution in [1.82, 2.24) is 14.5 Å². The maximum atomic E-state index is 11.9. The molecule has 0 radical (unpaired) electrons. The highest BCUT2D eigenvalue weighted by Gasteiger charge is 2.17. The Bertz CT molecular complexity index is 631. The number of para-hydroxylation sites is 2.